The highest BCUT2D eigenvalue weighted by molar-refractivity contribution is 5.82. The number of nitrogens with one attached hydrogen (secondary N) is 1. The Labute approximate surface area is 120 Å². The number of aldehydes is 1. The molecule has 0 aliphatic carbocycles. The van der Waals surface area contributed by atoms with Gasteiger partial charge in [0.1, 0.15) is 6.29 Å². The molecule has 0 radical (unpaired) electrons. The zero-order valence-electron chi connectivity index (χ0n) is 12.0. The minimum absolute atomic E-state index is 0.0638. The van der Waals surface area contributed by atoms with E-state index in [2.05, 4.69) is 5.32 Å². The lowest BCUT2D eigenvalue weighted by atomic mass is 10.1. The third kappa shape index (κ3) is 4.77. The molecule has 0 atom stereocenters. The number of carbonyl (C=O) groups excluding carboxylic acids is 2. The summed E-state index contributed by atoms with van der Waals surface area (Å²) in [7, 11) is 1.39. The van der Waals surface area contributed by atoms with Crippen LogP contribution in [-0.4, -0.2) is 31.8 Å². The Hall–Kier alpha value is -2.05. The molecule has 0 bridgehead atoms. The van der Waals surface area contributed by atoms with Crippen molar-refractivity contribution >= 4 is 17.9 Å². The summed E-state index contributed by atoms with van der Waals surface area (Å²) in [6.45, 7) is 3.32. The van der Waals surface area contributed by atoms with Gasteiger partial charge in [0.15, 0.2) is 0 Å². The Morgan fingerprint density at radius 1 is 1.38 bits per heavy atom. The number of likely N-dealkylation sites (N-methyl/N-ethyl adjacent to an activating group) is 1. The number of rotatable bonds is 5. The van der Waals surface area contributed by atoms with Crippen LogP contribution in [0, 0.1) is 0 Å². The number of amides is 1. The van der Waals surface area contributed by atoms with Crippen LogP contribution in [-0.2, 0) is 11.0 Å². The topological polar surface area (TPSA) is 49.4 Å². The van der Waals surface area contributed by atoms with E-state index in [-0.39, 0.29) is 29.7 Å². The zero-order chi connectivity index (χ0) is 16.2. The van der Waals surface area contributed by atoms with Gasteiger partial charge in [0.25, 0.3) is 0 Å². The Bertz CT molecular complexity index is 527. The molecule has 0 aliphatic rings. The molecule has 21 heavy (non-hydrogen) atoms. The van der Waals surface area contributed by atoms with Crippen LogP contribution in [0.5, 0.6) is 0 Å². The number of alkyl halides is 3. The van der Waals surface area contributed by atoms with Crippen molar-refractivity contribution in [2.45, 2.75) is 26.1 Å². The average Bonchev–Trinajstić information content (AvgIpc) is 2.35. The second-order valence-electron chi connectivity index (χ2n) is 4.97. The Kier molecular flexibility index (Phi) is 5.34. The predicted molar refractivity (Wildman–Crippen MR) is 73.4 cm³/mol. The average molecular weight is 302 g/mol. The van der Waals surface area contributed by atoms with Crippen molar-refractivity contribution in [2.75, 3.05) is 18.5 Å². The molecule has 0 heterocycles. The van der Waals surface area contributed by atoms with E-state index in [0.29, 0.717) is 6.29 Å². The third-order valence-corrected chi connectivity index (χ3v) is 2.70. The SMILES string of the molecule is CC(C)NC(=O)CN(C)c1ccc(C=O)cc1C(F)(F)F. The van der Waals surface area contributed by atoms with E-state index in [0.717, 1.165) is 6.07 Å². The molecule has 0 saturated carbocycles. The summed E-state index contributed by atoms with van der Waals surface area (Å²) in [5, 5.41) is 2.61. The van der Waals surface area contributed by atoms with E-state index in [1.54, 1.807) is 13.8 Å². The molecule has 116 valence electrons. The summed E-state index contributed by atoms with van der Waals surface area (Å²) >= 11 is 0. The number of hydrogen-bond donors (Lipinski definition) is 1. The van der Waals surface area contributed by atoms with Gasteiger partial charge in [0.05, 0.1) is 12.1 Å². The number of carbonyl (C=O) groups is 2. The van der Waals surface area contributed by atoms with Crippen LogP contribution in [0.4, 0.5) is 18.9 Å². The summed E-state index contributed by atoms with van der Waals surface area (Å²) in [4.78, 5) is 23.5. The first-order valence-corrected chi connectivity index (χ1v) is 6.32. The first kappa shape index (κ1) is 17.0. The molecule has 1 amide bonds. The summed E-state index contributed by atoms with van der Waals surface area (Å²) in [6.07, 6.45) is -4.25. The lowest BCUT2D eigenvalue weighted by Crippen LogP contribution is -2.39. The van der Waals surface area contributed by atoms with E-state index < -0.39 is 11.7 Å². The fourth-order valence-electron chi connectivity index (χ4n) is 1.86. The second kappa shape index (κ2) is 6.60. The first-order valence-electron chi connectivity index (χ1n) is 6.32. The lowest BCUT2D eigenvalue weighted by Gasteiger charge is -2.23. The van der Waals surface area contributed by atoms with Crippen molar-refractivity contribution in [2.24, 2.45) is 0 Å². The van der Waals surface area contributed by atoms with Crippen molar-refractivity contribution in [3.63, 3.8) is 0 Å². The van der Waals surface area contributed by atoms with Crippen molar-refractivity contribution in [3.05, 3.63) is 29.3 Å². The van der Waals surface area contributed by atoms with Crippen molar-refractivity contribution in [1.29, 1.82) is 0 Å². The summed E-state index contributed by atoms with van der Waals surface area (Å²) in [5.74, 6) is -0.375. The molecule has 0 fully saturated rings. The maximum Gasteiger partial charge on any atom is 0.418 e. The number of anilines is 1. The van der Waals surface area contributed by atoms with Gasteiger partial charge in [0.2, 0.25) is 5.91 Å². The Balaban J connectivity index is 3.06. The zero-order valence-corrected chi connectivity index (χ0v) is 12.0. The van der Waals surface area contributed by atoms with Crippen LogP contribution in [0.1, 0.15) is 29.8 Å². The maximum atomic E-state index is 13.0. The Morgan fingerprint density at radius 3 is 2.48 bits per heavy atom. The largest absolute Gasteiger partial charge is 0.418 e. The van der Waals surface area contributed by atoms with Gasteiger partial charge in [-0.3, -0.25) is 9.59 Å². The van der Waals surface area contributed by atoms with Crippen LogP contribution in [0.15, 0.2) is 18.2 Å². The predicted octanol–water partition coefficient (Wildman–Crippen LogP) is 2.48. The monoisotopic (exact) mass is 302 g/mol. The van der Waals surface area contributed by atoms with Crippen LogP contribution < -0.4 is 10.2 Å². The molecule has 7 heteroatoms. The van der Waals surface area contributed by atoms with Crippen LogP contribution in [0.3, 0.4) is 0 Å². The van der Waals surface area contributed by atoms with Crippen LogP contribution in [0.25, 0.3) is 0 Å². The number of benzene rings is 1. The molecule has 1 rings (SSSR count). The van der Waals surface area contributed by atoms with Crippen LogP contribution >= 0.6 is 0 Å². The molecule has 0 spiro atoms. The molecule has 0 saturated heterocycles. The van der Waals surface area contributed by atoms with Crippen molar-refractivity contribution < 1.29 is 22.8 Å². The molecule has 1 aromatic carbocycles. The van der Waals surface area contributed by atoms with E-state index in [4.69, 9.17) is 0 Å². The number of hydrogen-bond acceptors (Lipinski definition) is 3. The number of halogens is 3. The second-order valence-corrected chi connectivity index (χ2v) is 4.97. The van der Waals surface area contributed by atoms with Crippen molar-refractivity contribution in [1.82, 2.24) is 5.32 Å². The van der Waals surface area contributed by atoms with Gasteiger partial charge in [-0.25, -0.2) is 0 Å². The molecule has 1 N–H and O–H groups in total. The van der Waals surface area contributed by atoms with E-state index >= 15 is 0 Å². The summed E-state index contributed by atoms with van der Waals surface area (Å²) < 4.78 is 39.1. The van der Waals surface area contributed by atoms with Crippen LogP contribution in [0.2, 0.25) is 0 Å². The van der Waals surface area contributed by atoms with Gasteiger partial charge in [0, 0.05) is 24.3 Å². The molecule has 0 aliphatic heterocycles. The minimum atomic E-state index is -4.60. The molecular formula is C14H17F3N2O2. The van der Waals surface area contributed by atoms with Gasteiger partial charge in [-0.15, -0.1) is 0 Å². The maximum absolute atomic E-state index is 13.0. The van der Waals surface area contributed by atoms with E-state index in [1.165, 1.54) is 24.1 Å². The van der Waals surface area contributed by atoms with E-state index in [1.807, 2.05) is 0 Å². The lowest BCUT2D eigenvalue weighted by molar-refractivity contribution is -0.137. The molecule has 1 aromatic rings. The van der Waals surface area contributed by atoms with Gasteiger partial charge < -0.3 is 10.2 Å². The van der Waals surface area contributed by atoms with Gasteiger partial charge in [-0.1, -0.05) is 0 Å². The van der Waals surface area contributed by atoms with Gasteiger partial charge >= 0.3 is 6.18 Å². The summed E-state index contributed by atoms with van der Waals surface area (Å²) in [6, 6.07) is 3.16. The third-order valence-electron chi connectivity index (χ3n) is 2.70. The molecule has 0 unspecified atom stereocenters. The highest BCUT2D eigenvalue weighted by Crippen LogP contribution is 2.36. The van der Waals surface area contributed by atoms with Gasteiger partial charge in [-0.05, 0) is 32.0 Å². The highest BCUT2D eigenvalue weighted by atomic mass is 19.4. The molecular weight excluding hydrogens is 285 g/mol. The van der Waals surface area contributed by atoms with Crippen molar-refractivity contribution in [3.8, 4) is 0 Å². The smallest absolute Gasteiger partial charge is 0.365 e. The fraction of sp³-hybridized carbons (Fsp3) is 0.429. The summed E-state index contributed by atoms with van der Waals surface area (Å²) in [5.41, 5.74) is -1.15. The first-order chi connectivity index (χ1) is 9.65. The Morgan fingerprint density at radius 2 is 2.00 bits per heavy atom. The molecule has 0 aromatic heterocycles. The standard InChI is InChI=1S/C14H17F3N2O2/c1-9(2)18-13(21)7-19(3)12-5-4-10(8-20)6-11(12)14(15,16)17/h4-6,8-9H,7H2,1-3H3,(H,18,21). The molecule has 4 nitrogen and oxygen atoms in total. The number of nitrogens with zero attached hydrogens (tertiary/aromatic N) is 1. The normalized spacial score (nSPS) is 11.4. The fourth-order valence-corrected chi connectivity index (χ4v) is 1.86. The van der Waals surface area contributed by atoms with Gasteiger partial charge in [-0.2, -0.15) is 13.2 Å². The quantitative estimate of drug-likeness (QED) is 0.850. The van der Waals surface area contributed by atoms with E-state index in [9.17, 15) is 22.8 Å². The highest BCUT2D eigenvalue weighted by Gasteiger charge is 2.35. The minimum Gasteiger partial charge on any atom is -0.365 e.